The second-order valence-corrected chi connectivity index (χ2v) is 4.86. The number of anilines is 1. The summed E-state index contributed by atoms with van der Waals surface area (Å²) in [5.41, 5.74) is 3.65. The van der Waals surface area contributed by atoms with Crippen LogP contribution in [0.1, 0.15) is 11.3 Å². The highest BCUT2D eigenvalue weighted by Gasteiger charge is 1.99. The van der Waals surface area contributed by atoms with Crippen LogP contribution in [-0.4, -0.2) is 14.3 Å². The Bertz CT molecular complexity index is 650. The Morgan fingerprint density at radius 1 is 1.05 bits per heavy atom. The molecule has 0 amide bonds. The number of benzene rings is 1. The van der Waals surface area contributed by atoms with Crippen LogP contribution in [0.15, 0.2) is 61.1 Å². The van der Waals surface area contributed by atoms with Crippen molar-refractivity contribution in [3.8, 4) is 0 Å². The zero-order chi connectivity index (χ0) is 13.8. The van der Waals surface area contributed by atoms with E-state index in [2.05, 4.69) is 64.6 Å². The van der Waals surface area contributed by atoms with E-state index in [9.17, 15) is 0 Å². The van der Waals surface area contributed by atoms with Crippen LogP contribution >= 0.6 is 0 Å². The van der Waals surface area contributed by atoms with Crippen LogP contribution in [0.2, 0.25) is 0 Å². The van der Waals surface area contributed by atoms with Crippen LogP contribution in [0.4, 0.5) is 5.69 Å². The second-order valence-electron chi connectivity index (χ2n) is 4.86. The summed E-state index contributed by atoms with van der Waals surface area (Å²) in [5, 5.41) is 7.64. The number of aromatic nitrogens is 3. The molecule has 0 atom stereocenters. The first-order valence-corrected chi connectivity index (χ1v) is 6.72. The predicted octanol–water partition coefficient (Wildman–Crippen LogP) is 2.88. The topological polar surface area (TPSA) is 34.8 Å². The molecule has 1 N–H and O–H groups in total. The van der Waals surface area contributed by atoms with E-state index >= 15 is 0 Å². The van der Waals surface area contributed by atoms with Gasteiger partial charge in [0.1, 0.15) is 0 Å². The molecule has 2 heterocycles. The normalized spacial score (nSPS) is 10.7. The Kier molecular flexibility index (Phi) is 3.54. The number of rotatable bonds is 5. The molecule has 2 aromatic heterocycles. The summed E-state index contributed by atoms with van der Waals surface area (Å²) in [6.07, 6.45) is 5.83. The van der Waals surface area contributed by atoms with E-state index in [-0.39, 0.29) is 0 Å². The van der Waals surface area contributed by atoms with Crippen molar-refractivity contribution in [1.82, 2.24) is 14.3 Å². The molecule has 0 aliphatic heterocycles. The monoisotopic (exact) mass is 266 g/mol. The zero-order valence-electron chi connectivity index (χ0n) is 11.5. The highest BCUT2D eigenvalue weighted by atomic mass is 15.3. The Balaban J connectivity index is 1.60. The maximum atomic E-state index is 4.21. The van der Waals surface area contributed by atoms with Gasteiger partial charge in [0.05, 0.1) is 13.1 Å². The summed E-state index contributed by atoms with van der Waals surface area (Å²) in [7, 11) is 2.06. The highest BCUT2D eigenvalue weighted by molar-refractivity contribution is 5.44. The van der Waals surface area contributed by atoms with Crippen molar-refractivity contribution < 1.29 is 0 Å². The van der Waals surface area contributed by atoms with Crippen molar-refractivity contribution in [2.45, 2.75) is 13.1 Å². The molecule has 0 bridgehead atoms. The standard InChI is InChI=1S/C16H18N4/c1-19-10-2-4-16(19)12-17-15-7-5-14(6-8-15)13-20-11-3-9-18-20/h2-11,17H,12-13H2,1H3. The maximum Gasteiger partial charge on any atom is 0.0659 e. The molecular weight excluding hydrogens is 248 g/mol. The number of nitrogens with one attached hydrogen (secondary N) is 1. The van der Waals surface area contributed by atoms with Gasteiger partial charge in [0, 0.05) is 37.0 Å². The lowest BCUT2D eigenvalue weighted by Crippen LogP contribution is -2.04. The molecule has 20 heavy (non-hydrogen) atoms. The van der Waals surface area contributed by atoms with E-state index in [0.717, 1.165) is 18.8 Å². The van der Waals surface area contributed by atoms with E-state index in [1.807, 2.05) is 16.9 Å². The lowest BCUT2D eigenvalue weighted by molar-refractivity contribution is 0.687. The van der Waals surface area contributed by atoms with Gasteiger partial charge >= 0.3 is 0 Å². The van der Waals surface area contributed by atoms with Gasteiger partial charge < -0.3 is 9.88 Å². The third kappa shape index (κ3) is 2.91. The Morgan fingerprint density at radius 3 is 2.55 bits per heavy atom. The molecule has 1 aromatic carbocycles. The fraction of sp³-hybridized carbons (Fsp3) is 0.188. The molecule has 3 aromatic rings. The van der Waals surface area contributed by atoms with Crippen molar-refractivity contribution in [2.24, 2.45) is 7.05 Å². The van der Waals surface area contributed by atoms with Gasteiger partial charge in [-0.05, 0) is 35.9 Å². The largest absolute Gasteiger partial charge is 0.379 e. The average molecular weight is 266 g/mol. The van der Waals surface area contributed by atoms with Crippen molar-refractivity contribution in [2.75, 3.05) is 5.32 Å². The van der Waals surface area contributed by atoms with Crippen LogP contribution in [-0.2, 0) is 20.1 Å². The first-order chi connectivity index (χ1) is 9.81. The third-order valence-electron chi connectivity index (χ3n) is 3.38. The first kappa shape index (κ1) is 12.5. The van der Waals surface area contributed by atoms with Gasteiger partial charge in [-0.1, -0.05) is 12.1 Å². The van der Waals surface area contributed by atoms with Gasteiger partial charge in [0.25, 0.3) is 0 Å². The Hall–Kier alpha value is -2.49. The second kappa shape index (κ2) is 5.65. The van der Waals surface area contributed by atoms with Gasteiger partial charge in [-0.2, -0.15) is 5.10 Å². The van der Waals surface area contributed by atoms with Crippen molar-refractivity contribution in [3.63, 3.8) is 0 Å². The smallest absolute Gasteiger partial charge is 0.0659 e. The third-order valence-corrected chi connectivity index (χ3v) is 3.38. The Labute approximate surface area is 118 Å². The van der Waals surface area contributed by atoms with Crippen molar-refractivity contribution in [1.29, 1.82) is 0 Å². The van der Waals surface area contributed by atoms with Gasteiger partial charge in [0.15, 0.2) is 0 Å². The maximum absolute atomic E-state index is 4.21. The Morgan fingerprint density at radius 2 is 1.90 bits per heavy atom. The molecule has 0 fully saturated rings. The van der Waals surface area contributed by atoms with Gasteiger partial charge in [0.2, 0.25) is 0 Å². The van der Waals surface area contributed by atoms with Crippen LogP contribution in [0.3, 0.4) is 0 Å². The minimum atomic E-state index is 0.811. The molecule has 0 aliphatic carbocycles. The van der Waals surface area contributed by atoms with E-state index in [1.165, 1.54) is 11.3 Å². The molecule has 0 saturated heterocycles. The van der Waals surface area contributed by atoms with Crippen LogP contribution in [0, 0.1) is 0 Å². The molecular formula is C16H18N4. The minimum absolute atomic E-state index is 0.811. The van der Waals surface area contributed by atoms with E-state index in [0.29, 0.717) is 0 Å². The quantitative estimate of drug-likeness (QED) is 0.770. The molecule has 4 heteroatoms. The van der Waals surface area contributed by atoms with Gasteiger partial charge in [-0.15, -0.1) is 0 Å². The lowest BCUT2D eigenvalue weighted by Gasteiger charge is -2.08. The SMILES string of the molecule is Cn1cccc1CNc1ccc(Cn2cccn2)cc1. The molecule has 4 nitrogen and oxygen atoms in total. The fourth-order valence-corrected chi connectivity index (χ4v) is 2.18. The van der Waals surface area contributed by atoms with Gasteiger partial charge in [-0.3, -0.25) is 4.68 Å². The number of nitrogens with zero attached hydrogens (tertiary/aromatic N) is 3. The molecule has 0 saturated carbocycles. The molecule has 0 radical (unpaired) electrons. The fourth-order valence-electron chi connectivity index (χ4n) is 2.18. The molecule has 102 valence electrons. The lowest BCUT2D eigenvalue weighted by atomic mass is 10.2. The summed E-state index contributed by atoms with van der Waals surface area (Å²) in [5.74, 6) is 0. The summed E-state index contributed by atoms with van der Waals surface area (Å²) in [6, 6.07) is 14.6. The van der Waals surface area contributed by atoms with Crippen molar-refractivity contribution >= 4 is 5.69 Å². The summed E-state index contributed by atoms with van der Waals surface area (Å²) in [4.78, 5) is 0. The summed E-state index contributed by atoms with van der Waals surface area (Å²) < 4.78 is 4.05. The van der Waals surface area contributed by atoms with E-state index in [1.54, 1.807) is 6.20 Å². The van der Waals surface area contributed by atoms with Crippen LogP contribution in [0.25, 0.3) is 0 Å². The van der Waals surface area contributed by atoms with Crippen molar-refractivity contribution in [3.05, 3.63) is 72.3 Å². The average Bonchev–Trinajstić information content (AvgIpc) is 3.10. The zero-order valence-corrected chi connectivity index (χ0v) is 11.5. The molecule has 0 aliphatic rings. The predicted molar refractivity (Wildman–Crippen MR) is 80.5 cm³/mol. The van der Waals surface area contributed by atoms with Crippen LogP contribution in [0.5, 0.6) is 0 Å². The first-order valence-electron chi connectivity index (χ1n) is 6.72. The van der Waals surface area contributed by atoms with E-state index in [4.69, 9.17) is 0 Å². The minimum Gasteiger partial charge on any atom is -0.379 e. The summed E-state index contributed by atoms with van der Waals surface area (Å²) in [6.45, 7) is 1.65. The van der Waals surface area contributed by atoms with Crippen LogP contribution < -0.4 is 5.32 Å². The number of hydrogen-bond acceptors (Lipinski definition) is 2. The number of hydrogen-bond donors (Lipinski definition) is 1. The van der Waals surface area contributed by atoms with Gasteiger partial charge in [-0.25, -0.2) is 0 Å². The molecule has 0 unspecified atom stereocenters. The number of aryl methyl sites for hydroxylation is 1. The summed E-state index contributed by atoms with van der Waals surface area (Å²) >= 11 is 0. The molecule has 3 rings (SSSR count). The van der Waals surface area contributed by atoms with E-state index < -0.39 is 0 Å². The highest BCUT2D eigenvalue weighted by Crippen LogP contribution is 2.12. The molecule has 0 spiro atoms.